The first kappa shape index (κ1) is 27.1. The van der Waals surface area contributed by atoms with Gasteiger partial charge in [-0.25, -0.2) is 0 Å². The third-order valence-corrected chi connectivity index (χ3v) is 6.71. The molecule has 38 heavy (non-hydrogen) atoms. The van der Waals surface area contributed by atoms with E-state index >= 15 is 0 Å². The number of aliphatic hydroxyl groups excluding tert-OH is 1. The predicted octanol–water partition coefficient (Wildman–Crippen LogP) is 4.18. The van der Waals surface area contributed by atoms with Gasteiger partial charge in [0, 0.05) is 18.1 Å². The van der Waals surface area contributed by atoms with Gasteiger partial charge >= 0.3 is 0 Å². The van der Waals surface area contributed by atoms with Crippen molar-refractivity contribution in [2.75, 3.05) is 41.7 Å². The smallest absolute Gasteiger partial charge is 0.203 e. The number of ketones is 1. The second-order valence-electron chi connectivity index (χ2n) is 8.83. The Morgan fingerprint density at radius 2 is 1.47 bits per heavy atom. The molecule has 1 fully saturated rings. The maximum atomic E-state index is 13.5. The summed E-state index contributed by atoms with van der Waals surface area (Å²) in [6.45, 7) is 0.129. The van der Waals surface area contributed by atoms with Crippen LogP contribution in [0.5, 0.6) is 34.5 Å². The van der Waals surface area contributed by atoms with E-state index in [-0.39, 0.29) is 41.8 Å². The molecule has 1 aliphatic heterocycles. The molecule has 0 spiro atoms. The van der Waals surface area contributed by atoms with Crippen molar-refractivity contribution < 1.29 is 43.4 Å². The Balaban J connectivity index is 1.61. The Bertz CT molecular complexity index is 1210. The number of phenolic OH excluding ortho intramolecular Hbond substituents is 1. The van der Waals surface area contributed by atoms with Crippen LogP contribution in [0.2, 0.25) is 0 Å². The summed E-state index contributed by atoms with van der Waals surface area (Å²) < 4.78 is 33.7. The van der Waals surface area contributed by atoms with E-state index in [4.69, 9.17) is 28.4 Å². The largest absolute Gasteiger partial charge is 0.502 e. The minimum Gasteiger partial charge on any atom is -0.502 e. The van der Waals surface area contributed by atoms with E-state index in [0.29, 0.717) is 29.4 Å². The highest BCUT2D eigenvalue weighted by molar-refractivity contribution is 5.99. The van der Waals surface area contributed by atoms with E-state index in [2.05, 4.69) is 0 Å². The summed E-state index contributed by atoms with van der Waals surface area (Å²) in [5.41, 5.74) is 1.95. The van der Waals surface area contributed by atoms with Crippen LogP contribution in [0.3, 0.4) is 0 Å². The van der Waals surface area contributed by atoms with Gasteiger partial charge in [-0.1, -0.05) is 30.3 Å². The minimum atomic E-state index is -0.644. The van der Waals surface area contributed by atoms with E-state index < -0.39 is 17.9 Å². The summed E-state index contributed by atoms with van der Waals surface area (Å²) in [5, 5.41) is 20.5. The quantitative estimate of drug-likeness (QED) is 0.357. The van der Waals surface area contributed by atoms with E-state index in [1.807, 2.05) is 30.3 Å². The second kappa shape index (κ2) is 12.1. The number of phenols is 1. The second-order valence-corrected chi connectivity index (χ2v) is 8.83. The van der Waals surface area contributed by atoms with Gasteiger partial charge in [-0.15, -0.1) is 0 Å². The first-order valence-corrected chi connectivity index (χ1v) is 12.1. The summed E-state index contributed by atoms with van der Waals surface area (Å²) in [6.07, 6.45) is -0.596. The number of benzene rings is 3. The number of hydrogen-bond donors (Lipinski definition) is 2. The van der Waals surface area contributed by atoms with Gasteiger partial charge in [-0.2, -0.15) is 0 Å². The van der Waals surface area contributed by atoms with Crippen LogP contribution in [0, 0.1) is 11.8 Å². The van der Waals surface area contributed by atoms with Crippen LogP contribution < -0.4 is 23.7 Å². The van der Waals surface area contributed by atoms with Crippen LogP contribution >= 0.6 is 0 Å². The summed E-state index contributed by atoms with van der Waals surface area (Å²) in [4.78, 5) is 13.5. The zero-order chi connectivity index (χ0) is 27.2. The number of rotatable bonds is 11. The number of methoxy groups -OCH3 is 4. The van der Waals surface area contributed by atoms with Crippen LogP contribution in [-0.4, -0.2) is 57.6 Å². The van der Waals surface area contributed by atoms with Gasteiger partial charge in [-0.05, 0) is 35.4 Å². The van der Waals surface area contributed by atoms with Gasteiger partial charge in [0.25, 0.3) is 0 Å². The molecule has 0 saturated carbocycles. The van der Waals surface area contributed by atoms with Crippen LogP contribution in [0.1, 0.15) is 27.6 Å². The lowest BCUT2D eigenvalue weighted by atomic mass is 9.83. The summed E-state index contributed by atoms with van der Waals surface area (Å²) in [6, 6.07) is 16.2. The van der Waals surface area contributed by atoms with Gasteiger partial charge < -0.3 is 38.6 Å². The molecule has 1 heterocycles. The zero-order valence-corrected chi connectivity index (χ0v) is 21.8. The highest BCUT2D eigenvalue weighted by Crippen LogP contribution is 2.47. The molecule has 3 unspecified atom stereocenters. The molecule has 1 saturated heterocycles. The number of hydrogen-bond acceptors (Lipinski definition) is 9. The monoisotopic (exact) mass is 524 g/mol. The Morgan fingerprint density at radius 1 is 0.895 bits per heavy atom. The Kier molecular flexibility index (Phi) is 8.60. The molecule has 3 aromatic rings. The van der Waals surface area contributed by atoms with Crippen molar-refractivity contribution in [1.82, 2.24) is 0 Å². The third-order valence-electron chi connectivity index (χ3n) is 6.71. The minimum absolute atomic E-state index is 0.0944. The van der Waals surface area contributed by atoms with E-state index in [1.165, 1.54) is 40.6 Å². The van der Waals surface area contributed by atoms with Crippen molar-refractivity contribution in [3.05, 3.63) is 71.3 Å². The Morgan fingerprint density at radius 3 is 2.00 bits per heavy atom. The average molecular weight is 525 g/mol. The zero-order valence-electron chi connectivity index (χ0n) is 21.8. The van der Waals surface area contributed by atoms with Crippen molar-refractivity contribution in [2.45, 2.75) is 12.7 Å². The summed E-state index contributed by atoms with van der Waals surface area (Å²) in [7, 11) is 5.85. The van der Waals surface area contributed by atoms with Gasteiger partial charge in [0.1, 0.15) is 6.61 Å². The molecule has 2 N–H and O–H groups in total. The molecule has 202 valence electrons. The lowest BCUT2D eigenvalue weighted by Crippen LogP contribution is -2.26. The molecular weight excluding hydrogens is 492 g/mol. The van der Waals surface area contributed by atoms with Crippen LogP contribution in [0.15, 0.2) is 54.6 Å². The molecular formula is C29H32O9. The molecule has 0 radical (unpaired) electrons. The van der Waals surface area contributed by atoms with E-state index in [9.17, 15) is 15.0 Å². The fourth-order valence-electron chi connectivity index (χ4n) is 4.69. The number of aliphatic hydroxyl groups is 1. The van der Waals surface area contributed by atoms with Crippen molar-refractivity contribution >= 4 is 5.78 Å². The Labute approximate surface area is 221 Å². The molecule has 4 rings (SSSR count). The molecule has 0 aromatic heterocycles. The van der Waals surface area contributed by atoms with Crippen LogP contribution in [-0.2, 0) is 11.3 Å². The van der Waals surface area contributed by atoms with Gasteiger partial charge in [-0.3, -0.25) is 4.79 Å². The molecule has 9 heteroatoms. The van der Waals surface area contributed by atoms with E-state index in [1.54, 1.807) is 12.1 Å². The maximum absolute atomic E-state index is 13.5. The lowest BCUT2D eigenvalue weighted by molar-refractivity contribution is 0.0710. The molecule has 0 aliphatic carbocycles. The predicted molar refractivity (Wildman–Crippen MR) is 139 cm³/mol. The fourth-order valence-corrected chi connectivity index (χ4v) is 4.69. The average Bonchev–Trinajstić information content (AvgIpc) is 3.40. The normalized spacial score (nSPS) is 18.6. The molecule has 9 nitrogen and oxygen atoms in total. The number of aromatic hydroxyl groups is 1. The van der Waals surface area contributed by atoms with Gasteiger partial charge in [0.05, 0.1) is 47.1 Å². The Hall–Kier alpha value is -3.95. The molecule has 3 atom stereocenters. The first-order chi connectivity index (χ1) is 18.4. The fraction of sp³-hybridized carbons (Fsp3) is 0.345. The summed E-state index contributed by atoms with van der Waals surface area (Å²) >= 11 is 0. The van der Waals surface area contributed by atoms with Crippen molar-refractivity contribution in [1.29, 1.82) is 0 Å². The molecule has 3 aromatic carbocycles. The van der Waals surface area contributed by atoms with Crippen molar-refractivity contribution in [2.24, 2.45) is 11.8 Å². The first-order valence-electron chi connectivity index (χ1n) is 12.1. The van der Waals surface area contributed by atoms with Crippen molar-refractivity contribution in [3.63, 3.8) is 0 Å². The number of ether oxygens (including phenoxy) is 6. The van der Waals surface area contributed by atoms with Crippen LogP contribution in [0.4, 0.5) is 0 Å². The number of Topliss-reactive ketones (excluding diaryl/α,β-unsaturated/α-hetero) is 1. The maximum Gasteiger partial charge on any atom is 0.203 e. The van der Waals surface area contributed by atoms with E-state index in [0.717, 1.165) is 5.56 Å². The van der Waals surface area contributed by atoms with Gasteiger partial charge in [0.15, 0.2) is 28.8 Å². The third kappa shape index (κ3) is 5.34. The van der Waals surface area contributed by atoms with Crippen LogP contribution in [0.25, 0.3) is 0 Å². The number of carbonyl (C=O) groups is 1. The highest BCUT2D eigenvalue weighted by Gasteiger charge is 2.43. The highest BCUT2D eigenvalue weighted by atomic mass is 16.5. The topological polar surface area (TPSA) is 113 Å². The standard InChI is InChI=1S/C29H32O9/c1-33-22-10-18(11-23(34-2)27(22)32)26(31)21-16-38-28(20(21)14-30)19-12-24(35-3)29(25(13-19)36-4)37-15-17-8-6-5-7-9-17/h5-13,20-21,28,30,32H,14-16H2,1-4H3. The molecule has 1 aliphatic rings. The van der Waals surface area contributed by atoms with Crippen molar-refractivity contribution in [3.8, 4) is 34.5 Å². The lowest BCUT2D eigenvalue weighted by Gasteiger charge is -2.23. The van der Waals surface area contributed by atoms with Gasteiger partial charge in [0.2, 0.25) is 11.5 Å². The molecule has 0 bridgehead atoms. The molecule has 0 amide bonds. The summed E-state index contributed by atoms with van der Waals surface area (Å²) in [5.74, 6) is -0.0828. The SMILES string of the molecule is COc1cc(C(=O)C2COC(c3cc(OC)c(OCc4ccccc4)c(OC)c3)C2CO)cc(OC)c1O. The number of carbonyl (C=O) groups excluding carboxylic acids is 1.